The Labute approximate surface area is 147 Å². The molecule has 0 aromatic carbocycles. The molecule has 138 valence electrons. The molecule has 0 radical (unpaired) electrons. The summed E-state index contributed by atoms with van der Waals surface area (Å²) >= 11 is 0. The number of nitrogens with one attached hydrogen (secondary N) is 1. The number of unbranched alkanes of at least 4 members (excludes halogenated alkanes) is 1. The Balaban J connectivity index is 1.79. The number of carbonyl (C=O) groups excluding carboxylic acids is 2. The number of amides is 2. The molecule has 1 atom stereocenters. The summed E-state index contributed by atoms with van der Waals surface area (Å²) in [5.74, 6) is 0.376. The van der Waals surface area contributed by atoms with Crippen molar-refractivity contribution in [3.05, 3.63) is 0 Å². The first-order valence-corrected chi connectivity index (χ1v) is 9.90. The van der Waals surface area contributed by atoms with E-state index in [1.807, 2.05) is 11.9 Å². The summed E-state index contributed by atoms with van der Waals surface area (Å²) in [6, 6.07) is 0.333. The third-order valence-corrected chi connectivity index (χ3v) is 5.50. The summed E-state index contributed by atoms with van der Waals surface area (Å²) in [7, 11) is 1.89. The molecular formula is C19H35N3O2. The monoisotopic (exact) mass is 337 g/mol. The number of carbonyl (C=O) groups is 2. The normalized spacial score (nSPS) is 24.0. The van der Waals surface area contributed by atoms with Crippen LogP contribution in [0.4, 0.5) is 0 Å². The molecule has 1 aliphatic carbocycles. The van der Waals surface area contributed by atoms with Gasteiger partial charge < -0.3 is 10.2 Å². The molecular weight excluding hydrogens is 302 g/mol. The van der Waals surface area contributed by atoms with Crippen LogP contribution in [-0.2, 0) is 9.59 Å². The van der Waals surface area contributed by atoms with Gasteiger partial charge in [-0.3, -0.25) is 14.5 Å². The lowest BCUT2D eigenvalue weighted by Crippen LogP contribution is -2.56. The van der Waals surface area contributed by atoms with Gasteiger partial charge in [-0.15, -0.1) is 0 Å². The highest BCUT2D eigenvalue weighted by atomic mass is 16.2. The quantitative estimate of drug-likeness (QED) is 0.727. The Hall–Kier alpha value is -1.10. The number of likely N-dealkylation sites (N-methyl/N-ethyl adjacent to an activating group) is 1. The van der Waals surface area contributed by atoms with Gasteiger partial charge in [0.1, 0.15) is 0 Å². The average Bonchev–Trinajstić information content (AvgIpc) is 2.83. The van der Waals surface area contributed by atoms with E-state index in [0.29, 0.717) is 19.0 Å². The minimum atomic E-state index is -0.0330. The Morgan fingerprint density at radius 2 is 1.88 bits per heavy atom. The van der Waals surface area contributed by atoms with Gasteiger partial charge in [0.15, 0.2) is 0 Å². The lowest BCUT2D eigenvalue weighted by molar-refractivity contribution is -0.141. The highest BCUT2D eigenvalue weighted by Crippen LogP contribution is 2.18. The van der Waals surface area contributed by atoms with Crippen LogP contribution in [0.15, 0.2) is 0 Å². The maximum Gasteiger partial charge on any atom is 0.239 e. The molecule has 2 amide bonds. The SMILES string of the molecule is CCCCC1C(=O)N(C)CCN1CCC(=O)NC1CCCCCC1. The second kappa shape index (κ2) is 10.0. The molecule has 1 saturated carbocycles. The van der Waals surface area contributed by atoms with E-state index >= 15 is 0 Å². The summed E-state index contributed by atoms with van der Waals surface area (Å²) in [5.41, 5.74) is 0. The average molecular weight is 338 g/mol. The molecule has 0 aromatic rings. The van der Waals surface area contributed by atoms with Crippen molar-refractivity contribution in [2.24, 2.45) is 0 Å². The lowest BCUT2D eigenvalue weighted by Gasteiger charge is -2.39. The Morgan fingerprint density at radius 3 is 2.54 bits per heavy atom. The third-order valence-electron chi connectivity index (χ3n) is 5.50. The zero-order valence-electron chi connectivity index (χ0n) is 15.6. The van der Waals surface area contributed by atoms with Gasteiger partial charge in [-0.2, -0.15) is 0 Å². The number of hydrogen-bond donors (Lipinski definition) is 1. The standard InChI is InChI=1S/C19H35N3O2/c1-3-4-11-17-19(24)21(2)14-15-22(17)13-12-18(23)20-16-9-7-5-6-8-10-16/h16-17H,3-15H2,1-2H3,(H,20,23). The van der Waals surface area contributed by atoms with Crippen molar-refractivity contribution in [1.82, 2.24) is 15.1 Å². The van der Waals surface area contributed by atoms with E-state index in [0.717, 1.165) is 45.2 Å². The molecule has 2 aliphatic rings. The molecule has 0 bridgehead atoms. The molecule has 0 spiro atoms. The third kappa shape index (κ3) is 5.76. The molecule has 2 fully saturated rings. The number of rotatable bonds is 7. The van der Waals surface area contributed by atoms with Crippen LogP contribution in [0, 0.1) is 0 Å². The number of piperazine rings is 1. The summed E-state index contributed by atoms with van der Waals surface area (Å²) in [6.45, 7) is 4.51. The minimum Gasteiger partial charge on any atom is -0.353 e. The molecule has 1 heterocycles. The molecule has 5 nitrogen and oxygen atoms in total. The van der Waals surface area contributed by atoms with Gasteiger partial charge in [0, 0.05) is 39.1 Å². The van der Waals surface area contributed by atoms with Crippen LogP contribution >= 0.6 is 0 Å². The molecule has 5 heteroatoms. The van der Waals surface area contributed by atoms with Crippen molar-refractivity contribution in [3.63, 3.8) is 0 Å². The van der Waals surface area contributed by atoms with Crippen LogP contribution in [0.25, 0.3) is 0 Å². The van der Waals surface area contributed by atoms with E-state index in [1.165, 1.54) is 25.7 Å². The van der Waals surface area contributed by atoms with Gasteiger partial charge in [-0.1, -0.05) is 45.4 Å². The van der Waals surface area contributed by atoms with Crippen molar-refractivity contribution in [2.45, 2.75) is 83.2 Å². The van der Waals surface area contributed by atoms with Crippen molar-refractivity contribution in [2.75, 3.05) is 26.7 Å². The molecule has 1 N–H and O–H groups in total. The van der Waals surface area contributed by atoms with E-state index in [1.54, 1.807) is 0 Å². The smallest absolute Gasteiger partial charge is 0.239 e. The highest BCUT2D eigenvalue weighted by Gasteiger charge is 2.32. The fourth-order valence-corrected chi connectivity index (χ4v) is 3.89. The first-order valence-electron chi connectivity index (χ1n) is 9.90. The Morgan fingerprint density at radius 1 is 1.17 bits per heavy atom. The van der Waals surface area contributed by atoms with Crippen LogP contribution in [0.2, 0.25) is 0 Å². The van der Waals surface area contributed by atoms with Gasteiger partial charge in [0.05, 0.1) is 6.04 Å². The zero-order chi connectivity index (χ0) is 17.4. The van der Waals surface area contributed by atoms with E-state index in [2.05, 4.69) is 17.1 Å². The van der Waals surface area contributed by atoms with Crippen molar-refractivity contribution >= 4 is 11.8 Å². The molecule has 1 unspecified atom stereocenters. The second-order valence-corrected chi connectivity index (χ2v) is 7.46. The van der Waals surface area contributed by atoms with Gasteiger partial charge in [0.2, 0.25) is 11.8 Å². The van der Waals surface area contributed by atoms with Gasteiger partial charge >= 0.3 is 0 Å². The van der Waals surface area contributed by atoms with Crippen LogP contribution < -0.4 is 5.32 Å². The first kappa shape index (κ1) is 19.2. The van der Waals surface area contributed by atoms with E-state index in [-0.39, 0.29) is 17.9 Å². The second-order valence-electron chi connectivity index (χ2n) is 7.46. The molecule has 0 aromatic heterocycles. The van der Waals surface area contributed by atoms with Crippen LogP contribution in [-0.4, -0.2) is 60.4 Å². The highest BCUT2D eigenvalue weighted by molar-refractivity contribution is 5.82. The van der Waals surface area contributed by atoms with E-state index in [9.17, 15) is 9.59 Å². The van der Waals surface area contributed by atoms with Crippen LogP contribution in [0.1, 0.15) is 71.1 Å². The van der Waals surface area contributed by atoms with Gasteiger partial charge in [-0.05, 0) is 19.3 Å². The predicted molar refractivity (Wildman–Crippen MR) is 96.8 cm³/mol. The number of nitrogens with zero attached hydrogens (tertiary/aromatic N) is 2. The molecule has 1 saturated heterocycles. The van der Waals surface area contributed by atoms with E-state index < -0.39 is 0 Å². The molecule has 24 heavy (non-hydrogen) atoms. The van der Waals surface area contributed by atoms with Crippen molar-refractivity contribution in [3.8, 4) is 0 Å². The summed E-state index contributed by atoms with van der Waals surface area (Å²) in [4.78, 5) is 28.8. The van der Waals surface area contributed by atoms with Gasteiger partial charge in [-0.25, -0.2) is 0 Å². The van der Waals surface area contributed by atoms with Gasteiger partial charge in [0.25, 0.3) is 0 Å². The van der Waals surface area contributed by atoms with Crippen molar-refractivity contribution < 1.29 is 9.59 Å². The Kier molecular flexibility index (Phi) is 8.03. The number of hydrogen-bond acceptors (Lipinski definition) is 3. The molecule has 2 rings (SSSR count). The summed E-state index contributed by atoms with van der Waals surface area (Å²) in [5, 5.41) is 3.22. The van der Waals surface area contributed by atoms with Crippen LogP contribution in [0.5, 0.6) is 0 Å². The largest absolute Gasteiger partial charge is 0.353 e. The van der Waals surface area contributed by atoms with Crippen molar-refractivity contribution in [1.29, 1.82) is 0 Å². The first-order chi connectivity index (χ1) is 11.6. The summed E-state index contributed by atoms with van der Waals surface area (Å²) < 4.78 is 0. The summed E-state index contributed by atoms with van der Waals surface area (Å²) in [6.07, 6.45) is 10.9. The maximum atomic E-state index is 12.4. The molecule has 1 aliphatic heterocycles. The Bertz CT molecular complexity index is 405. The predicted octanol–water partition coefficient (Wildman–Crippen LogP) is 2.55. The van der Waals surface area contributed by atoms with E-state index in [4.69, 9.17) is 0 Å². The minimum absolute atomic E-state index is 0.0330. The zero-order valence-corrected chi connectivity index (χ0v) is 15.6. The maximum absolute atomic E-state index is 12.4. The lowest BCUT2D eigenvalue weighted by atomic mass is 10.0. The topological polar surface area (TPSA) is 52.7 Å². The van der Waals surface area contributed by atoms with Crippen LogP contribution in [0.3, 0.4) is 0 Å². The fourth-order valence-electron chi connectivity index (χ4n) is 3.89. The fraction of sp³-hybridized carbons (Fsp3) is 0.895.